The Balaban J connectivity index is 2.12. The summed E-state index contributed by atoms with van der Waals surface area (Å²) >= 11 is 6.01. The number of fused-ring (bicyclic) bond motifs is 1. The number of aryl methyl sites for hydroxylation is 1. The summed E-state index contributed by atoms with van der Waals surface area (Å²) in [5.74, 6) is 0.654. The smallest absolute Gasteiger partial charge is 0.332 e. The number of imidazole rings is 1. The maximum absolute atomic E-state index is 12.8. The highest BCUT2D eigenvalue weighted by molar-refractivity contribution is 6.29. The highest BCUT2D eigenvalue weighted by Gasteiger charge is 2.25. The Hall–Kier alpha value is -2.10. The minimum absolute atomic E-state index is 0.135. The maximum Gasteiger partial charge on any atom is 0.332 e. The second kappa shape index (κ2) is 7.87. The lowest BCUT2D eigenvalue weighted by molar-refractivity contribution is 0.188. The quantitative estimate of drug-likeness (QED) is 0.746. The van der Waals surface area contributed by atoms with Gasteiger partial charge >= 0.3 is 5.69 Å². The fraction of sp³-hybridized carbons (Fsp3) is 0.588. The Kier molecular flexibility index (Phi) is 5.73. The largest absolute Gasteiger partial charge is 0.395 e. The van der Waals surface area contributed by atoms with Crippen LogP contribution in [-0.4, -0.2) is 68.0 Å². The van der Waals surface area contributed by atoms with E-state index in [2.05, 4.69) is 14.8 Å². The minimum atomic E-state index is -0.402. The fourth-order valence-corrected chi connectivity index (χ4v) is 3.45. The average molecular weight is 397 g/mol. The van der Waals surface area contributed by atoms with Crippen LogP contribution in [0.2, 0.25) is 0 Å². The van der Waals surface area contributed by atoms with Gasteiger partial charge in [-0.2, -0.15) is 4.98 Å². The van der Waals surface area contributed by atoms with Crippen molar-refractivity contribution in [3.05, 3.63) is 31.9 Å². The summed E-state index contributed by atoms with van der Waals surface area (Å²) < 4.78 is 4.32. The summed E-state index contributed by atoms with van der Waals surface area (Å²) in [5, 5.41) is 9.74. The Morgan fingerprint density at radius 3 is 2.44 bits per heavy atom. The molecular formula is C17H25ClN6O3. The number of nitrogens with zero attached hydrogens (tertiary/aromatic N) is 6. The fourth-order valence-electron chi connectivity index (χ4n) is 3.38. The monoisotopic (exact) mass is 396 g/mol. The topological polar surface area (TPSA) is 88.5 Å². The molecular weight excluding hydrogens is 372 g/mol. The zero-order valence-corrected chi connectivity index (χ0v) is 16.6. The second-order valence-corrected chi connectivity index (χ2v) is 7.34. The lowest BCUT2D eigenvalue weighted by Gasteiger charge is -2.35. The van der Waals surface area contributed by atoms with E-state index >= 15 is 0 Å². The highest BCUT2D eigenvalue weighted by atomic mass is 35.5. The van der Waals surface area contributed by atoms with Crippen molar-refractivity contribution in [3.8, 4) is 0 Å². The first kappa shape index (κ1) is 19.7. The molecule has 9 nitrogen and oxygen atoms in total. The van der Waals surface area contributed by atoms with Gasteiger partial charge in [0.25, 0.3) is 5.56 Å². The summed E-state index contributed by atoms with van der Waals surface area (Å²) in [6, 6.07) is 0. The van der Waals surface area contributed by atoms with Crippen LogP contribution in [0.25, 0.3) is 11.2 Å². The van der Waals surface area contributed by atoms with Gasteiger partial charge in [-0.05, 0) is 6.92 Å². The number of anilines is 1. The summed E-state index contributed by atoms with van der Waals surface area (Å²) in [5.41, 5.74) is -0.00927. The molecule has 1 saturated heterocycles. The van der Waals surface area contributed by atoms with Crippen molar-refractivity contribution < 1.29 is 5.11 Å². The van der Waals surface area contributed by atoms with Crippen LogP contribution in [0.15, 0.2) is 20.7 Å². The number of β-amino-alcohol motifs (C(OH)–C–C–N with tert-alkyl or cyclic N) is 1. The molecule has 1 fully saturated rings. The standard InChI is InChI=1S/C17H25ClN6O3/c1-12(18)4-5-24-13-14(20(2)17(27)21(3)15(13)26)19-16(24)23-8-6-22(7-9-23)10-11-25/h4,25H,5-11H2,1-3H3/b12-4+. The first-order valence-electron chi connectivity index (χ1n) is 8.91. The third-order valence-electron chi connectivity index (χ3n) is 4.95. The molecule has 0 amide bonds. The van der Waals surface area contributed by atoms with E-state index in [-0.39, 0.29) is 12.2 Å². The van der Waals surface area contributed by atoms with Gasteiger partial charge < -0.3 is 14.6 Å². The molecule has 0 saturated carbocycles. The van der Waals surface area contributed by atoms with Crippen molar-refractivity contribution in [2.45, 2.75) is 13.5 Å². The second-order valence-electron chi connectivity index (χ2n) is 6.74. The number of hydrogen-bond acceptors (Lipinski definition) is 6. The molecule has 27 heavy (non-hydrogen) atoms. The summed E-state index contributed by atoms with van der Waals surface area (Å²) in [7, 11) is 3.09. The minimum Gasteiger partial charge on any atom is -0.395 e. The number of halogens is 1. The van der Waals surface area contributed by atoms with Crippen molar-refractivity contribution in [3.63, 3.8) is 0 Å². The molecule has 2 aromatic heterocycles. The molecule has 0 spiro atoms. The normalized spacial score (nSPS) is 16.5. The van der Waals surface area contributed by atoms with Crippen molar-refractivity contribution >= 4 is 28.7 Å². The summed E-state index contributed by atoms with van der Waals surface area (Å²) in [4.78, 5) is 34.0. The van der Waals surface area contributed by atoms with Crippen molar-refractivity contribution in [1.29, 1.82) is 0 Å². The molecule has 0 unspecified atom stereocenters. The van der Waals surface area contributed by atoms with Crippen LogP contribution in [0.1, 0.15) is 6.92 Å². The molecule has 1 N–H and O–H groups in total. The lowest BCUT2D eigenvalue weighted by atomic mass is 10.3. The molecule has 10 heteroatoms. The first-order valence-corrected chi connectivity index (χ1v) is 9.29. The number of aliphatic hydroxyl groups is 1. The van der Waals surface area contributed by atoms with Crippen LogP contribution in [0.3, 0.4) is 0 Å². The molecule has 148 valence electrons. The number of rotatable bonds is 5. The molecule has 3 rings (SSSR count). The van der Waals surface area contributed by atoms with E-state index in [4.69, 9.17) is 16.7 Å². The predicted octanol–water partition coefficient (Wildman–Crippen LogP) is -0.309. The molecule has 0 bridgehead atoms. The highest BCUT2D eigenvalue weighted by Crippen LogP contribution is 2.21. The van der Waals surface area contributed by atoms with Gasteiger partial charge in [-0.25, -0.2) is 4.79 Å². The van der Waals surface area contributed by atoms with Gasteiger partial charge in [0.2, 0.25) is 5.95 Å². The van der Waals surface area contributed by atoms with Gasteiger partial charge in [0, 0.05) is 58.4 Å². The van der Waals surface area contributed by atoms with Crippen LogP contribution in [0.5, 0.6) is 0 Å². The molecule has 1 aliphatic heterocycles. The zero-order valence-electron chi connectivity index (χ0n) is 15.9. The predicted molar refractivity (Wildman–Crippen MR) is 106 cm³/mol. The van der Waals surface area contributed by atoms with Crippen molar-refractivity contribution in [2.24, 2.45) is 14.1 Å². The van der Waals surface area contributed by atoms with Crippen LogP contribution >= 0.6 is 11.6 Å². The third kappa shape index (κ3) is 3.67. The molecule has 0 aliphatic carbocycles. The SMILES string of the molecule is C/C(Cl)=C\Cn1c(N2CCN(CCO)CC2)nc2c1c(=O)n(C)c(=O)n2C. The summed E-state index contributed by atoms with van der Waals surface area (Å²) in [6.45, 7) is 6.00. The first-order chi connectivity index (χ1) is 12.8. The molecule has 0 radical (unpaired) electrons. The Labute approximate surface area is 161 Å². The van der Waals surface area contributed by atoms with E-state index in [9.17, 15) is 9.59 Å². The molecule has 0 atom stereocenters. The van der Waals surface area contributed by atoms with Crippen LogP contribution in [-0.2, 0) is 20.6 Å². The zero-order chi connectivity index (χ0) is 19.7. The van der Waals surface area contributed by atoms with Crippen molar-refractivity contribution in [1.82, 2.24) is 23.6 Å². The van der Waals surface area contributed by atoms with Crippen LogP contribution < -0.4 is 16.1 Å². The Bertz CT molecular complexity index is 977. The molecule has 1 aliphatic rings. The van der Waals surface area contributed by atoms with Gasteiger partial charge in [-0.1, -0.05) is 17.7 Å². The maximum atomic E-state index is 12.8. The summed E-state index contributed by atoms with van der Waals surface area (Å²) in [6.07, 6.45) is 1.82. The van der Waals surface area contributed by atoms with E-state index in [0.29, 0.717) is 35.2 Å². The van der Waals surface area contributed by atoms with Gasteiger partial charge in [-0.3, -0.25) is 18.8 Å². The van der Waals surface area contributed by atoms with Gasteiger partial charge in [0.05, 0.1) is 6.61 Å². The van der Waals surface area contributed by atoms with E-state index in [1.165, 1.54) is 11.6 Å². The van der Waals surface area contributed by atoms with Gasteiger partial charge in [0.1, 0.15) is 0 Å². The van der Waals surface area contributed by atoms with Crippen LogP contribution in [0.4, 0.5) is 5.95 Å². The van der Waals surface area contributed by atoms with Crippen LogP contribution in [0, 0.1) is 0 Å². The van der Waals surface area contributed by atoms with Gasteiger partial charge in [0.15, 0.2) is 11.2 Å². The lowest BCUT2D eigenvalue weighted by Crippen LogP contribution is -2.48. The van der Waals surface area contributed by atoms with Crippen molar-refractivity contribution in [2.75, 3.05) is 44.2 Å². The van der Waals surface area contributed by atoms with E-state index in [0.717, 1.165) is 30.7 Å². The van der Waals surface area contributed by atoms with Gasteiger partial charge in [-0.15, -0.1) is 0 Å². The average Bonchev–Trinajstić information content (AvgIpc) is 3.03. The number of allylic oxidation sites excluding steroid dienone is 2. The van der Waals surface area contributed by atoms with E-state index in [1.807, 2.05) is 10.6 Å². The Morgan fingerprint density at radius 1 is 1.19 bits per heavy atom. The van der Waals surface area contributed by atoms with E-state index < -0.39 is 5.69 Å². The molecule has 2 aromatic rings. The number of aromatic nitrogens is 4. The molecule has 3 heterocycles. The third-order valence-corrected chi connectivity index (χ3v) is 5.11. The Morgan fingerprint density at radius 2 is 1.85 bits per heavy atom. The number of aliphatic hydroxyl groups excluding tert-OH is 1. The number of hydrogen-bond donors (Lipinski definition) is 1. The number of piperazine rings is 1. The van der Waals surface area contributed by atoms with E-state index in [1.54, 1.807) is 14.0 Å². The molecule has 0 aromatic carbocycles.